The summed E-state index contributed by atoms with van der Waals surface area (Å²) in [5, 5.41) is 2.88. The smallest absolute Gasteiger partial charge is 0.277 e. The second-order valence-corrected chi connectivity index (χ2v) is 7.82. The van der Waals surface area contributed by atoms with Gasteiger partial charge in [-0.1, -0.05) is 54.6 Å². The summed E-state index contributed by atoms with van der Waals surface area (Å²) in [6.07, 6.45) is 0. The van der Waals surface area contributed by atoms with Gasteiger partial charge in [0.15, 0.2) is 0 Å². The van der Waals surface area contributed by atoms with E-state index < -0.39 is 0 Å². The van der Waals surface area contributed by atoms with Crippen LogP contribution in [0.2, 0.25) is 0 Å². The first-order valence-electron chi connectivity index (χ1n) is 9.54. The van der Waals surface area contributed by atoms with Gasteiger partial charge in [-0.3, -0.25) is 9.59 Å². The van der Waals surface area contributed by atoms with Gasteiger partial charge in [0.2, 0.25) is 0 Å². The summed E-state index contributed by atoms with van der Waals surface area (Å²) in [6.45, 7) is 6.11. The van der Waals surface area contributed by atoms with Gasteiger partial charge in [-0.25, -0.2) is 4.98 Å². The van der Waals surface area contributed by atoms with Crippen LogP contribution in [0.1, 0.15) is 47.3 Å². The van der Waals surface area contributed by atoms with Gasteiger partial charge in [0.1, 0.15) is 11.4 Å². The molecular weight excluding hydrogens is 362 g/mol. The highest BCUT2D eigenvalue weighted by atomic mass is 16.2. The van der Waals surface area contributed by atoms with Crippen LogP contribution in [0.25, 0.3) is 0 Å². The maximum atomic E-state index is 13.3. The van der Waals surface area contributed by atoms with E-state index in [-0.39, 0.29) is 28.7 Å². The van der Waals surface area contributed by atoms with Crippen molar-refractivity contribution in [1.82, 2.24) is 10.3 Å². The van der Waals surface area contributed by atoms with Crippen LogP contribution in [0.3, 0.4) is 0 Å². The molecule has 2 amide bonds. The molecule has 0 aliphatic rings. The van der Waals surface area contributed by atoms with E-state index in [1.807, 2.05) is 81.4 Å². The standard InChI is InChI=1S/C24H25N3O2/c1-24(2,3)26-22(28)20-15-10-16-21(25-20)23(29)27(19-13-8-5-9-14-19)17-18-11-6-4-7-12-18/h4-16H,17H2,1-3H3,(H,26,28). The van der Waals surface area contributed by atoms with Crippen molar-refractivity contribution in [3.63, 3.8) is 0 Å². The lowest BCUT2D eigenvalue weighted by Crippen LogP contribution is -2.41. The summed E-state index contributed by atoms with van der Waals surface area (Å²) in [6, 6.07) is 24.2. The summed E-state index contributed by atoms with van der Waals surface area (Å²) >= 11 is 0. The molecular formula is C24H25N3O2. The van der Waals surface area contributed by atoms with E-state index in [1.165, 1.54) is 0 Å². The summed E-state index contributed by atoms with van der Waals surface area (Å²) in [5.41, 5.74) is 1.84. The van der Waals surface area contributed by atoms with Crippen LogP contribution in [0.5, 0.6) is 0 Å². The maximum Gasteiger partial charge on any atom is 0.277 e. The Morgan fingerprint density at radius 2 is 1.41 bits per heavy atom. The van der Waals surface area contributed by atoms with Crippen molar-refractivity contribution in [1.29, 1.82) is 0 Å². The predicted molar refractivity (Wildman–Crippen MR) is 115 cm³/mol. The number of pyridine rings is 1. The Kier molecular flexibility index (Phi) is 6.07. The molecule has 0 fully saturated rings. The van der Waals surface area contributed by atoms with Crippen molar-refractivity contribution in [3.8, 4) is 0 Å². The minimum absolute atomic E-state index is 0.221. The second-order valence-electron chi connectivity index (χ2n) is 7.82. The SMILES string of the molecule is CC(C)(C)NC(=O)c1cccc(C(=O)N(Cc2ccccc2)c2ccccc2)n1. The molecule has 1 N–H and O–H groups in total. The third-order valence-corrected chi connectivity index (χ3v) is 4.19. The molecule has 3 rings (SSSR count). The normalized spacial score (nSPS) is 11.0. The van der Waals surface area contributed by atoms with E-state index in [1.54, 1.807) is 23.1 Å². The minimum Gasteiger partial charge on any atom is -0.346 e. The highest BCUT2D eigenvalue weighted by Crippen LogP contribution is 2.19. The molecule has 148 valence electrons. The van der Waals surface area contributed by atoms with E-state index in [0.717, 1.165) is 11.3 Å². The Morgan fingerprint density at radius 1 is 0.828 bits per heavy atom. The van der Waals surface area contributed by atoms with Gasteiger partial charge in [0, 0.05) is 11.2 Å². The fourth-order valence-electron chi connectivity index (χ4n) is 2.88. The van der Waals surface area contributed by atoms with Crippen LogP contribution in [0, 0.1) is 0 Å². The molecule has 0 saturated carbocycles. The number of amides is 2. The van der Waals surface area contributed by atoms with Gasteiger partial charge in [-0.15, -0.1) is 0 Å². The Hall–Kier alpha value is -3.47. The zero-order valence-corrected chi connectivity index (χ0v) is 16.9. The lowest BCUT2D eigenvalue weighted by Gasteiger charge is -2.23. The molecule has 0 radical (unpaired) electrons. The first-order chi connectivity index (χ1) is 13.8. The van der Waals surface area contributed by atoms with Crippen LogP contribution in [-0.4, -0.2) is 22.3 Å². The Labute approximate surface area is 171 Å². The number of carbonyl (C=O) groups is 2. The lowest BCUT2D eigenvalue weighted by molar-refractivity contribution is 0.0914. The molecule has 0 atom stereocenters. The molecule has 1 heterocycles. The largest absolute Gasteiger partial charge is 0.346 e. The summed E-state index contributed by atoms with van der Waals surface area (Å²) < 4.78 is 0. The average Bonchev–Trinajstić information content (AvgIpc) is 2.72. The number of anilines is 1. The van der Waals surface area contributed by atoms with E-state index >= 15 is 0 Å². The van der Waals surface area contributed by atoms with E-state index in [0.29, 0.717) is 6.54 Å². The van der Waals surface area contributed by atoms with E-state index in [9.17, 15) is 9.59 Å². The minimum atomic E-state index is -0.387. The number of carbonyl (C=O) groups excluding carboxylic acids is 2. The number of para-hydroxylation sites is 1. The third kappa shape index (κ3) is 5.51. The Balaban J connectivity index is 1.92. The highest BCUT2D eigenvalue weighted by molar-refractivity contribution is 6.05. The van der Waals surface area contributed by atoms with Crippen LogP contribution < -0.4 is 10.2 Å². The molecule has 0 spiro atoms. The quantitative estimate of drug-likeness (QED) is 0.703. The van der Waals surface area contributed by atoms with Gasteiger partial charge in [-0.2, -0.15) is 0 Å². The topological polar surface area (TPSA) is 62.3 Å². The van der Waals surface area contributed by atoms with E-state index in [4.69, 9.17) is 0 Å². The molecule has 1 aromatic heterocycles. The lowest BCUT2D eigenvalue weighted by atomic mass is 10.1. The number of aromatic nitrogens is 1. The van der Waals surface area contributed by atoms with Crippen LogP contribution in [0.4, 0.5) is 5.69 Å². The fraction of sp³-hybridized carbons (Fsp3) is 0.208. The van der Waals surface area contributed by atoms with Crippen molar-refractivity contribution in [2.24, 2.45) is 0 Å². The van der Waals surface area contributed by atoms with Crippen molar-refractivity contribution in [2.75, 3.05) is 4.90 Å². The highest BCUT2D eigenvalue weighted by Gasteiger charge is 2.22. The molecule has 29 heavy (non-hydrogen) atoms. The van der Waals surface area contributed by atoms with Crippen molar-refractivity contribution >= 4 is 17.5 Å². The maximum absolute atomic E-state index is 13.3. The number of nitrogens with zero attached hydrogens (tertiary/aromatic N) is 2. The molecule has 5 nitrogen and oxygen atoms in total. The zero-order valence-electron chi connectivity index (χ0n) is 16.9. The fourth-order valence-corrected chi connectivity index (χ4v) is 2.88. The summed E-state index contributed by atoms with van der Waals surface area (Å²) in [4.78, 5) is 31.8. The molecule has 0 aliphatic heterocycles. The Morgan fingerprint density at radius 3 is 2.03 bits per heavy atom. The number of rotatable bonds is 5. The average molecular weight is 387 g/mol. The predicted octanol–water partition coefficient (Wildman–Crippen LogP) is 4.46. The number of nitrogens with one attached hydrogen (secondary N) is 1. The molecule has 0 bridgehead atoms. The first-order valence-corrected chi connectivity index (χ1v) is 9.54. The molecule has 0 unspecified atom stereocenters. The Bertz CT molecular complexity index is 980. The van der Waals surface area contributed by atoms with Crippen LogP contribution in [0.15, 0.2) is 78.9 Å². The number of benzene rings is 2. The van der Waals surface area contributed by atoms with Crippen molar-refractivity contribution in [2.45, 2.75) is 32.9 Å². The second kappa shape index (κ2) is 8.69. The van der Waals surface area contributed by atoms with Crippen molar-refractivity contribution < 1.29 is 9.59 Å². The summed E-state index contributed by atoms with van der Waals surface area (Å²) in [5.74, 6) is -0.563. The van der Waals surface area contributed by atoms with E-state index in [2.05, 4.69) is 10.3 Å². The monoisotopic (exact) mass is 387 g/mol. The zero-order chi connectivity index (χ0) is 20.9. The molecule has 2 aromatic carbocycles. The van der Waals surface area contributed by atoms with Gasteiger partial charge < -0.3 is 10.2 Å². The number of hydrogen-bond acceptors (Lipinski definition) is 3. The first kappa shape index (κ1) is 20.3. The van der Waals surface area contributed by atoms with Gasteiger partial charge in [0.25, 0.3) is 11.8 Å². The third-order valence-electron chi connectivity index (χ3n) is 4.19. The van der Waals surface area contributed by atoms with Crippen molar-refractivity contribution in [3.05, 3.63) is 95.8 Å². The molecule has 5 heteroatoms. The molecule has 3 aromatic rings. The van der Waals surface area contributed by atoms with Crippen LogP contribution >= 0.6 is 0 Å². The number of hydrogen-bond donors (Lipinski definition) is 1. The van der Waals surface area contributed by atoms with Crippen LogP contribution in [-0.2, 0) is 6.54 Å². The summed E-state index contributed by atoms with van der Waals surface area (Å²) in [7, 11) is 0. The van der Waals surface area contributed by atoms with Gasteiger partial charge in [0.05, 0.1) is 6.54 Å². The van der Waals surface area contributed by atoms with Gasteiger partial charge in [-0.05, 0) is 50.6 Å². The molecule has 0 saturated heterocycles. The van der Waals surface area contributed by atoms with Gasteiger partial charge >= 0.3 is 0 Å². The molecule has 0 aliphatic carbocycles.